The van der Waals surface area contributed by atoms with Crippen molar-refractivity contribution in [3.63, 3.8) is 0 Å². The van der Waals surface area contributed by atoms with E-state index in [0.717, 1.165) is 35.6 Å². The molecule has 76 valence electrons. The van der Waals surface area contributed by atoms with Crippen LogP contribution in [-0.4, -0.2) is 12.6 Å². The van der Waals surface area contributed by atoms with E-state index >= 15 is 0 Å². The molecule has 1 aliphatic rings. The highest BCUT2D eigenvalue weighted by atomic mass is 35.5. The van der Waals surface area contributed by atoms with Crippen molar-refractivity contribution in [3.05, 3.63) is 28.8 Å². The molecule has 0 heterocycles. The van der Waals surface area contributed by atoms with Crippen LogP contribution in [0.4, 0.5) is 0 Å². The van der Waals surface area contributed by atoms with Gasteiger partial charge >= 0.3 is 0 Å². The van der Waals surface area contributed by atoms with Gasteiger partial charge in [-0.2, -0.15) is 0 Å². The van der Waals surface area contributed by atoms with Gasteiger partial charge in [0.25, 0.3) is 0 Å². The van der Waals surface area contributed by atoms with E-state index in [0.29, 0.717) is 0 Å². The highest BCUT2D eigenvalue weighted by molar-refractivity contribution is 6.31. The lowest BCUT2D eigenvalue weighted by Crippen LogP contribution is -2.24. The molecule has 0 aromatic heterocycles. The first-order valence-corrected chi connectivity index (χ1v) is 5.13. The number of rotatable bonds is 3. The second-order valence-corrected chi connectivity index (χ2v) is 4.37. The molecular formula is C11H14ClNO. The van der Waals surface area contributed by atoms with Crippen LogP contribution >= 0.6 is 11.6 Å². The van der Waals surface area contributed by atoms with Gasteiger partial charge in [0.1, 0.15) is 5.75 Å². The van der Waals surface area contributed by atoms with Gasteiger partial charge in [-0.3, -0.25) is 0 Å². The quantitative estimate of drug-likeness (QED) is 0.833. The molecule has 0 unspecified atom stereocenters. The Morgan fingerprint density at radius 2 is 2.21 bits per heavy atom. The van der Waals surface area contributed by atoms with Crippen molar-refractivity contribution in [3.8, 4) is 5.75 Å². The molecule has 0 atom stereocenters. The summed E-state index contributed by atoms with van der Waals surface area (Å²) in [5, 5.41) is 0.751. The zero-order chi connectivity index (χ0) is 10.2. The number of hydrogen-bond donors (Lipinski definition) is 1. The molecule has 2 rings (SSSR count). The number of methoxy groups -OCH3 is 1. The van der Waals surface area contributed by atoms with Gasteiger partial charge in [0.05, 0.1) is 7.11 Å². The molecule has 14 heavy (non-hydrogen) atoms. The van der Waals surface area contributed by atoms with Gasteiger partial charge in [-0.05, 0) is 31.4 Å². The third-order valence-corrected chi connectivity index (χ3v) is 3.07. The lowest BCUT2D eigenvalue weighted by molar-refractivity contribution is 0.407. The van der Waals surface area contributed by atoms with E-state index in [2.05, 4.69) is 0 Å². The van der Waals surface area contributed by atoms with Gasteiger partial charge in [0.15, 0.2) is 0 Å². The molecule has 3 heteroatoms. The molecule has 1 aliphatic carbocycles. The SMILES string of the molecule is COc1cccc(Cl)c1CC1(N)CC1. The number of ether oxygens (including phenoxy) is 1. The third kappa shape index (κ3) is 1.86. The number of benzene rings is 1. The standard InChI is InChI=1S/C11H14ClNO/c1-14-10-4-2-3-9(12)8(10)7-11(13)5-6-11/h2-4H,5-7,13H2,1H3. The van der Waals surface area contributed by atoms with Crippen LogP contribution in [0, 0.1) is 0 Å². The van der Waals surface area contributed by atoms with Crippen molar-refractivity contribution in [1.82, 2.24) is 0 Å². The van der Waals surface area contributed by atoms with Crippen molar-refractivity contribution in [2.75, 3.05) is 7.11 Å². The zero-order valence-corrected chi connectivity index (χ0v) is 8.97. The fourth-order valence-electron chi connectivity index (χ4n) is 1.59. The van der Waals surface area contributed by atoms with E-state index < -0.39 is 0 Å². The average molecular weight is 212 g/mol. The van der Waals surface area contributed by atoms with E-state index in [9.17, 15) is 0 Å². The number of halogens is 1. The molecule has 2 N–H and O–H groups in total. The summed E-state index contributed by atoms with van der Waals surface area (Å²) < 4.78 is 5.26. The molecule has 0 radical (unpaired) electrons. The Morgan fingerprint density at radius 3 is 2.79 bits per heavy atom. The van der Waals surface area contributed by atoms with Gasteiger partial charge in [-0.1, -0.05) is 17.7 Å². The normalized spacial score (nSPS) is 17.9. The Kier molecular flexibility index (Phi) is 2.41. The van der Waals surface area contributed by atoms with Crippen molar-refractivity contribution in [1.29, 1.82) is 0 Å². The van der Waals surface area contributed by atoms with Crippen LogP contribution < -0.4 is 10.5 Å². The highest BCUT2D eigenvalue weighted by Crippen LogP contribution is 2.39. The minimum atomic E-state index is -0.0295. The Balaban J connectivity index is 2.29. The number of nitrogens with two attached hydrogens (primary N) is 1. The molecule has 0 aliphatic heterocycles. The van der Waals surface area contributed by atoms with E-state index in [1.807, 2.05) is 18.2 Å². The highest BCUT2D eigenvalue weighted by Gasteiger charge is 2.39. The lowest BCUT2D eigenvalue weighted by atomic mass is 10.0. The second-order valence-electron chi connectivity index (χ2n) is 3.96. The summed E-state index contributed by atoms with van der Waals surface area (Å²) in [5.74, 6) is 0.842. The van der Waals surface area contributed by atoms with Gasteiger partial charge < -0.3 is 10.5 Å². The first kappa shape index (κ1) is 9.81. The van der Waals surface area contributed by atoms with Crippen LogP contribution in [0.3, 0.4) is 0 Å². The minimum Gasteiger partial charge on any atom is -0.496 e. The van der Waals surface area contributed by atoms with Crippen LogP contribution in [0.2, 0.25) is 5.02 Å². The molecule has 0 bridgehead atoms. The van der Waals surface area contributed by atoms with Crippen LogP contribution in [-0.2, 0) is 6.42 Å². The van der Waals surface area contributed by atoms with Crippen molar-refractivity contribution in [2.45, 2.75) is 24.8 Å². The molecule has 1 aromatic carbocycles. The zero-order valence-electron chi connectivity index (χ0n) is 8.22. The first-order chi connectivity index (χ1) is 6.64. The predicted molar refractivity (Wildman–Crippen MR) is 57.9 cm³/mol. The Morgan fingerprint density at radius 1 is 1.50 bits per heavy atom. The fourth-order valence-corrected chi connectivity index (χ4v) is 1.82. The monoisotopic (exact) mass is 211 g/mol. The topological polar surface area (TPSA) is 35.2 Å². The molecule has 1 aromatic rings. The van der Waals surface area contributed by atoms with E-state index in [1.165, 1.54) is 0 Å². The van der Waals surface area contributed by atoms with Gasteiger partial charge in [0, 0.05) is 16.1 Å². The lowest BCUT2D eigenvalue weighted by Gasteiger charge is -2.13. The molecule has 1 fully saturated rings. The Bertz CT molecular complexity index is 347. The summed E-state index contributed by atoms with van der Waals surface area (Å²) in [5.41, 5.74) is 7.07. The van der Waals surface area contributed by atoms with Crippen molar-refractivity contribution < 1.29 is 4.74 Å². The molecule has 1 saturated carbocycles. The first-order valence-electron chi connectivity index (χ1n) is 4.75. The van der Waals surface area contributed by atoms with Gasteiger partial charge in [-0.25, -0.2) is 0 Å². The summed E-state index contributed by atoms with van der Waals surface area (Å²) in [6.45, 7) is 0. The van der Waals surface area contributed by atoms with Crippen LogP contribution in [0.5, 0.6) is 5.75 Å². The van der Waals surface area contributed by atoms with Crippen LogP contribution in [0.1, 0.15) is 18.4 Å². The maximum atomic E-state index is 6.11. The second kappa shape index (κ2) is 3.44. The number of hydrogen-bond acceptors (Lipinski definition) is 2. The summed E-state index contributed by atoms with van der Waals surface area (Å²) in [6.07, 6.45) is 2.98. The Hall–Kier alpha value is -0.730. The summed E-state index contributed by atoms with van der Waals surface area (Å²) in [4.78, 5) is 0. The maximum Gasteiger partial charge on any atom is 0.123 e. The maximum absolute atomic E-state index is 6.11. The smallest absolute Gasteiger partial charge is 0.123 e. The van der Waals surface area contributed by atoms with Crippen LogP contribution in [0.25, 0.3) is 0 Å². The third-order valence-electron chi connectivity index (χ3n) is 2.72. The largest absolute Gasteiger partial charge is 0.496 e. The Labute approximate surface area is 89.0 Å². The van der Waals surface area contributed by atoms with E-state index in [4.69, 9.17) is 22.1 Å². The van der Waals surface area contributed by atoms with Crippen molar-refractivity contribution >= 4 is 11.6 Å². The molecule has 2 nitrogen and oxygen atoms in total. The molecule has 0 saturated heterocycles. The summed E-state index contributed by atoms with van der Waals surface area (Å²) in [7, 11) is 1.66. The van der Waals surface area contributed by atoms with E-state index in [-0.39, 0.29) is 5.54 Å². The average Bonchev–Trinajstić information content (AvgIpc) is 2.88. The minimum absolute atomic E-state index is 0.0295. The fraction of sp³-hybridized carbons (Fsp3) is 0.455. The van der Waals surface area contributed by atoms with Gasteiger partial charge in [0.2, 0.25) is 0 Å². The molecule has 0 spiro atoms. The summed E-state index contributed by atoms with van der Waals surface area (Å²) in [6, 6.07) is 5.69. The van der Waals surface area contributed by atoms with E-state index in [1.54, 1.807) is 7.11 Å². The van der Waals surface area contributed by atoms with Crippen LogP contribution in [0.15, 0.2) is 18.2 Å². The molecule has 0 amide bonds. The van der Waals surface area contributed by atoms with Gasteiger partial charge in [-0.15, -0.1) is 0 Å². The summed E-state index contributed by atoms with van der Waals surface area (Å²) >= 11 is 6.11. The van der Waals surface area contributed by atoms with Crippen molar-refractivity contribution in [2.24, 2.45) is 5.73 Å². The predicted octanol–water partition coefficient (Wildman–Crippen LogP) is 2.38. The molecular weight excluding hydrogens is 198 g/mol.